The van der Waals surface area contributed by atoms with Crippen LogP contribution in [0.2, 0.25) is 0 Å². The van der Waals surface area contributed by atoms with Gasteiger partial charge in [0.05, 0.1) is 0 Å². The first-order valence-electron chi connectivity index (χ1n) is 1.91. The number of aliphatic carboxylic acids is 1. The van der Waals surface area contributed by atoms with E-state index in [1.54, 1.807) is 0 Å². The van der Waals surface area contributed by atoms with Crippen LogP contribution in [0.25, 0.3) is 0 Å². The van der Waals surface area contributed by atoms with Gasteiger partial charge in [0.25, 0.3) is 5.75 Å². The van der Waals surface area contributed by atoms with Gasteiger partial charge in [-0.25, -0.2) is 0 Å². The minimum absolute atomic E-state index is 0.0741. The fourth-order valence-electron chi connectivity index (χ4n) is 0.145. The lowest BCUT2D eigenvalue weighted by Gasteiger charge is -1.89. The lowest BCUT2D eigenvalue weighted by molar-refractivity contribution is -0.137. The highest BCUT2D eigenvalue weighted by molar-refractivity contribution is 7.65. The van der Waals surface area contributed by atoms with Gasteiger partial charge in [0.2, 0.25) is 0 Å². The van der Waals surface area contributed by atoms with Crippen LogP contribution in [0.15, 0.2) is 0 Å². The SMILES string of the molecule is N[C@@H](C[S+]=O)C(=O)O. The van der Waals surface area contributed by atoms with Gasteiger partial charge >= 0.3 is 17.6 Å². The predicted molar refractivity (Wildman–Crippen MR) is 28.5 cm³/mol. The van der Waals surface area contributed by atoms with Crippen LogP contribution < -0.4 is 5.73 Å². The molecule has 0 amide bonds. The maximum atomic E-state index is 9.81. The Hall–Kier alpha value is -0.550. The Morgan fingerprint density at radius 1 is 1.88 bits per heavy atom. The molecule has 0 saturated carbocycles. The molecule has 8 heavy (non-hydrogen) atoms. The second-order valence-electron chi connectivity index (χ2n) is 1.23. The molecule has 0 aliphatic carbocycles. The van der Waals surface area contributed by atoms with Crippen LogP contribution in [0, 0.1) is 0 Å². The first kappa shape index (κ1) is 7.45. The summed E-state index contributed by atoms with van der Waals surface area (Å²) in [6.07, 6.45) is 0. The van der Waals surface area contributed by atoms with Gasteiger partial charge in [-0.05, 0) is 0 Å². The summed E-state index contributed by atoms with van der Waals surface area (Å²) < 4.78 is 9.62. The van der Waals surface area contributed by atoms with Crippen LogP contribution in [0.5, 0.6) is 0 Å². The van der Waals surface area contributed by atoms with Crippen molar-refractivity contribution in [3.63, 3.8) is 0 Å². The molecular weight excluding hydrogens is 130 g/mol. The van der Waals surface area contributed by atoms with Crippen LogP contribution in [0.3, 0.4) is 0 Å². The number of carboxylic acids is 1. The van der Waals surface area contributed by atoms with E-state index in [4.69, 9.17) is 10.8 Å². The molecule has 0 aliphatic heterocycles. The molecule has 0 aliphatic rings. The lowest BCUT2D eigenvalue weighted by atomic mass is 10.4. The summed E-state index contributed by atoms with van der Waals surface area (Å²) in [4.78, 5) is 9.81. The van der Waals surface area contributed by atoms with E-state index in [0.29, 0.717) is 0 Å². The van der Waals surface area contributed by atoms with Crippen LogP contribution in [0.4, 0.5) is 0 Å². The van der Waals surface area contributed by atoms with Gasteiger partial charge < -0.3 is 10.8 Å². The van der Waals surface area contributed by atoms with Crippen molar-refractivity contribution in [2.24, 2.45) is 5.73 Å². The van der Waals surface area contributed by atoms with Crippen LogP contribution in [0.1, 0.15) is 0 Å². The fourth-order valence-corrected chi connectivity index (χ4v) is 0.434. The molecule has 3 N–H and O–H groups in total. The highest BCUT2D eigenvalue weighted by Gasteiger charge is 2.17. The van der Waals surface area contributed by atoms with Crippen molar-refractivity contribution < 1.29 is 14.1 Å². The van der Waals surface area contributed by atoms with E-state index in [-0.39, 0.29) is 17.4 Å². The molecule has 0 unspecified atom stereocenters. The van der Waals surface area contributed by atoms with Crippen LogP contribution in [-0.2, 0) is 20.7 Å². The van der Waals surface area contributed by atoms with Crippen LogP contribution in [-0.4, -0.2) is 22.9 Å². The molecule has 0 aromatic heterocycles. The molecule has 0 aromatic carbocycles. The van der Waals surface area contributed by atoms with Gasteiger partial charge in [0.15, 0.2) is 6.04 Å². The Balaban J connectivity index is 3.46. The summed E-state index contributed by atoms with van der Waals surface area (Å²) in [5, 5.41) is 8.04. The molecule has 1 atom stereocenters. The third-order valence-corrected chi connectivity index (χ3v) is 1.06. The van der Waals surface area contributed by atoms with E-state index in [0.717, 1.165) is 0 Å². The number of carboxylic acid groups (broad SMARTS) is 1. The van der Waals surface area contributed by atoms with Crippen molar-refractivity contribution in [1.82, 2.24) is 0 Å². The third-order valence-electron chi connectivity index (χ3n) is 0.565. The van der Waals surface area contributed by atoms with E-state index in [2.05, 4.69) is 0 Å². The van der Waals surface area contributed by atoms with Crippen molar-refractivity contribution in [3.05, 3.63) is 0 Å². The highest BCUT2D eigenvalue weighted by atomic mass is 32.1. The molecule has 0 bridgehead atoms. The third kappa shape index (κ3) is 2.59. The second-order valence-corrected chi connectivity index (χ2v) is 1.80. The summed E-state index contributed by atoms with van der Waals surface area (Å²) in [5.74, 6) is -1.21. The van der Waals surface area contributed by atoms with Gasteiger partial charge in [-0.2, -0.15) is 0 Å². The largest absolute Gasteiger partial charge is 0.480 e. The molecule has 4 nitrogen and oxygen atoms in total. The zero-order valence-corrected chi connectivity index (χ0v) is 4.85. The van der Waals surface area contributed by atoms with Crippen molar-refractivity contribution in [2.75, 3.05) is 5.75 Å². The molecule has 0 rings (SSSR count). The molecule has 0 fully saturated rings. The van der Waals surface area contributed by atoms with Gasteiger partial charge in [-0.3, -0.25) is 4.79 Å². The van der Waals surface area contributed by atoms with Gasteiger partial charge in [0.1, 0.15) is 0 Å². The molecule has 0 aromatic rings. The molecule has 46 valence electrons. The second kappa shape index (κ2) is 3.45. The molecule has 0 saturated heterocycles. The van der Waals surface area contributed by atoms with E-state index in [1.165, 1.54) is 0 Å². The highest BCUT2D eigenvalue weighted by Crippen LogP contribution is 1.74. The number of carbonyl (C=O) groups is 1. The average molecular weight is 136 g/mol. The maximum absolute atomic E-state index is 9.81. The topological polar surface area (TPSA) is 80.4 Å². The summed E-state index contributed by atoms with van der Waals surface area (Å²) in [6.45, 7) is 0. The van der Waals surface area contributed by atoms with E-state index < -0.39 is 12.0 Å². The molecular formula is C3H6NO3S+. The van der Waals surface area contributed by atoms with Gasteiger partial charge in [0, 0.05) is 4.21 Å². The Morgan fingerprint density at radius 2 is 2.38 bits per heavy atom. The smallest absolute Gasteiger partial charge is 0.461 e. The molecule has 0 spiro atoms. The molecule has 0 radical (unpaired) electrons. The van der Waals surface area contributed by atoms with Crippen molar-refractivity contribution in [3.8, 4) is 0 Å². The monoisotopic (exact) mass is 136 g/mol. The van der Waals surface area contributed by atoms with Crippen molar-refractivity contribution in [2.45, 2.75) is 6.04 Å². The Labute approximate surface area is 50.2 Å². The average Bonchev–Trinajstić information content (AvgIpc) is 1.67. The summed E-state index contributed by atoms with van der Waals surface area (Å²) in [5.41, 5.74) is 4.91. The van der Waals surface area contributed by atoms with Crippen LogP contribution >= 0.6 is 0 Å². The zero-order chi connectivity index (χ0) is 6.57. The first-order valence-corrected chi connectivity index (χ1v) is 2.82. The lowest BCUT2D eigenvalue weighted by Crippen LogP contribution is -2.33. The standard InChI is InChI=1S/C3H5NO3S/c4-2(1-8-7)3(5)6/h2H,1,4H2/p+1/t2-/m0/s1. The fraction of sp³-hybridized carbons (Fsp3) is 0.667. The van der Waals surface area contributed by atoms with Gasteiger partial charge in [-0.1, -0.05) is 0 Å². The van der Waals surface area contributed by atoms with Crippen molar-refractivity contribution >= 4 is 17.6 Å². The van der Waals surface area contributed by atoms with Crippen molar-refractivity contribution in [1.29, 1.82) is 0 Å². The number of hydrogen-bond acceptors (Lipinski definition) is 3. The number of rotatable bonds is 3. The Bertz CT molecular complexity index is 105. The normalized spacial score (nSPS) is 12.6. The summed E-state index contributed by atoms with van der Waals surface area (Å²) in [6, 6.07) is -1.02. The summed E-state index contributed by atoms with van der Waals surface area (Å²) >= 11 is 0.182. The van der Waals surface area contributed by atoms with E-state index >= 15 is 0 Å². The quantitative estimate of drug-likeness (QED) is 0.479. The van der Waals surface area contributed by atoms with E-state index in [1.807, 2.05) is 0 Å². The molecule has 0 heterocycles. The van der Waals surface area contributed by atoms with Gasteiger partial charge in [-0.15, -0.1) is 0 Å². The maximum Gasteiger partial charge on any atom is 0.461 e. The minimum Gasteiger partial charge on any atom is -0.480 e. The number of hydrogen-bond donors (Lipinski definition) is 2. The number of nitrogens with two attached hydrogens (primary N) is 1. The predicted octanol–water partition coefficient (Wildman–Crippen LogP) is -1.17. The first-order chi connectivity index (χ1) is 3.68. The minimum atomic E-state index is -1.13. The Morgan fingerprint density at radius 3 is 2.50 bits per heavy atom. The molecule has 5 heteroatoms. The van der Waals surface area contributed by atoms with E-state index in [9.17, 15) is 9.00 Å². The Kier molecular flexibility index (Phi) is 3.21. The summed E-state index contributed by atoms with van der Waals surface area (Å²) in [7, 11) is 0. The zero-order valence-electron chi connectivity index (χ0n) is 4.03.